The molecule has 26 heavy (non-hydrogen) atoms. The molecular formula is C19H21N3O4. The average Bonchev–Trinajstić information content (AvgIpc) is 2.95. The second kappa shape index (κ2) is 7.35. The van der Waals surface area contributed by atoms with Crippen LogP contribution in [-0.4, -0.2) is 35.7 Å². The van der Waals surface area contributed by atoms with Crippen molar-refractivity contribution >= 4 is 0 Å². The van der Waals surface area contributed by atoms with Gasteiger partial charge in [-0.15, -0.1) is 0 Å². The number of aryl methyl sites for hydroxylation is 1. The molecule has 0 aliphatic rings. The fraction of sp³-hybridized carbons (Fsp3) is 0.263. The fourth-order valence-corrected chi connectivity index (χ4v) is 2.77. The normalized spacial score (nSPS) is 10.6. The van der Waals surface area contributed by atoms with Crippen LogP contribution in [0.25, 0.3) is 5.69 Å². The van der Waals surface area contributed by atoms with Crippen LogP contribution in [0.5, 0.6) is 17.2 Å². The Morgan fingerprint density at radius 1 is 0.923 bits per heavy atom. The summed E-state index contributed by atoms with van der Waals surface area (Å²) in [5, 5.41) is 4.39. The van der Waals surface area contributed by atoms with Crippen molar-refractivity contribution in [1.82, 2.24) is 14.3 Å². The van der Waals surface area contributed by atoms with Crippen LogP contribution in [0.3, 0.4) is 0 Å². The van der Waals surface area contributed by atoms with Crippen LogP contribution < -0.4 is 19.9 Å². The van der Waals surface area contributed by atoms with E-state index in [0.717, 1.165) is 11.3 Å². The molecule has 0 aliphatic carbocycles. The molecule has 0 N–H and O–H groups in total. The molecule has 1 aromatic heterocycles. The maximum atomic E-state index is 12.9. The van der Waals surface area contributed by atoms with E-state index in [1.54, 1.807) is 46.5 Å². The van der Waals surface area contributed by atoms with Gasteiger partial charge >= 0.3 is 5.69 Å². The van der Waals surface area contributed by atoms with Gasteiger partial charge in [0.15, 0.2) is 0 Å². The van der Waals surface area contributed by atoms with Crippen LogP contribution >= 0.6 is 0 Å². The van der Waals surface area contributed by atoms with Gasteiger partial charge in [-0.1, -0.05) is 12.1 Å². The van der Waals surface area contributed by atoms with Gasteiger partial charge in [0.25, 0.3) is 0 Å². The highest BCUT2D eigenvalue weighted by atomic mass is 16.5. The molecule has 0 radical (unpaired) electrons. The molecule has 0 unspecified atom stereocenters. The van der Waals surface area contributed by atoms with Crippen molar-refractivity contribution in [2.24, 2.45) is 0 Å². The molecule has 0 fully saturated rings. The highest BCUT2D eigenvalue weighted by Crippen LogP contribution is 2.27. The largest absolute Gasteiger partial charge is 0.497 e. The number of hydrogen-bond donors (Lipinski definition) is 0. The van der Waals surface area contributed by atoms with Gasteiger partial charge in [-0.2, -0.15) is 5.10 Å². The first-order valence-corrected chi connectivity index (χ1v) is 8.09. The van der Waals surface area contributed by atoms with Gasteiger partial charge in [-0.05, 0) is 36.8 Å². The van der Waals surface area contributed by atoms with Crippen LogP contribution in [0, 0.1) is 6.92 Å². The van der Waals surface area contributed by atoms with Crippen molar-refractivity contribution in [3.8, 4) is 22.9 Å². The van der Waals surface area contributed by atoms with Crippen LogP contribution in [-0.2, 0) is 6.54 Å². The maximum Gasteiger partial charge on any atom is 0.351 e. The smallest absolute Gasteiger partial charge is 0.351 e. The molecule has 1 heterocycles. The predicted molar refractivity (Wildman–Crippen MR) is 97.8 cm³/mol. The third kappa shape index (κ3) is 3.28. The Bertz CT molecular complexity index is 958. The first kappa shape index (κ1) is 17.6. The van der Waals surface area contributed by atoms with Gasteiger partial charge in [-0.3, -0.25) is 0 Å². The number of ether oxygens (including phenoxy) is 3. The van der Waals surface area contributed by atoms with Gasteiger partial charge in [0, 0.05) is 6.07 Å². The van der Waals surface area contributed by atoms with Crippen LogP contribution in [0.15, 0.2) is 47.3 Å². The standard InChI is InChI=1S/C19H21N3O4/c1-13-20-21(12-14-5-7-15(24-2)8-6-14)19(23)22(13)17-10-9-16(25-3)11-18(17)26-4/h5-11H,12H2,1-4H3. The summed E-state index contributed by atoms with van der Waals surface area (Å²) in [7, 11) is 4.76. The minimum absolute atomic E-state index is 0.234. The second-order valence-electron chi connectivity index (χ2n) is 5.71. The summed E-state index contributed by atoms with van der Waals surface area (Å²) in [5.41, 5.74) is 1.35. The first-order valence-electron chi connectivity index (χ1n) is 8.09. The number of methoxy groups -OCH3 is 3. The Kier molecular flexibility index (Phi) is 4.97. The molecule has 0 amide bonds. The van der Waals surface area contributed by atoms with E-state index in [1.807, 2.05) is 24.3 Å². The number of nitrogens with zero attached hydrogens (tertiary/aromatic N) is 3. The highest BCUT2D eigenvalue weighted by molar-refractivity contribution is 5.51. The fourth-order valence-electron chi connectivity index (χ4n) is 2.77. The van der Waals surface area contributed by atoms with E-state index in [4.69, 9.17) is 14.2 Å². The van der Waals surface area contributed by atoms with Crippen molar-refractivity contribution in [3.63, 3.8) is 0 Å². The second-order valence-corrected chi connectivity index (χ2v) is 5.71. The van der Waals surface area contributed by atoms with E-state index in [0.29, 0.717) is 29.6 Å². The van der Waals surface area contributed by atoms with Gasteiger partial charge in [0.2, 0.25) is 0 Å². The monoisotopic (exact) mass is 355 g/mol. The number of benzene rings is 2. The number of rotatable bonds is 6. The van der Waals surface area contributed by atoms with Gasteiger partial charge in [-0.25, -0.2) is 14.0 Å². The molecule has 2 aromatic carbocycles. The minimum Gasteiger partial charge on any atom is -0.497 e. The summed E-state index contributed by atoms with van der Waals surface area (Å²) in [6.07, 6.45) is 0. The summed E-state index contributed by atoms with van der Waals surface area (Å²) in [5.74, 6) is 2.54. The van der Waals surface area contributed by atoms with E-state index in [2.05, 4.69) is 5.10 Å². The molecule has 0 saturated heterocycles. The van der Waals surface area contributed by atoms with Crippen molar-refractivity contribution in [3.05, 3.63) is 64.3 Å². The third-order valence-corrected chi connectivity index (χ3v) is 4.12. The number of hydrogen-bond acceptors (Lipinski definition) is 5. The lowest BCUT2D eigenvalue weighted by atomic mass is 10.2. The van der Waals surface area contributed by atoms with Crippen LogP contribution in [0.1, 0.15) is 11.4 Å². The van der Waals surface area contributed by atoms with E-state index < -0.39 is 0 Å². The minimum atomic E-state index is -0.234. The van der Waals surface area contributed by atoms with Crippen molar-refractivity contribution < 1.29 is 14.2 Å². The molecule has 0 atom stereocenters. The molecule has 0 spiro atoms. The molecule has 0 aliphatic heterocycles. The van der Waals surface area contributed by atoms with Gasteiger partial charge in [0.05, 0.1) is 33.6 Å². The summed E-state index contributed by atoms with van der Waals surface area (Å²) in [6, 6.07) is 12.8. The summed E-state index contributed by atoms with van der Waals surface area (Å²) >= 11 is 0. The van der Waals surface area contributed by atoms with Gasteiger partial charge < -0.3 is 14.2 Å². The van der Waals surface area contributed by atoms with Crippen LogP contribution in [0.2, 0.25) is 0 Å². The molecule has 136 valence electrons. The lowest BCUT2D eigenvalue weighted by Crippen LogP contribution is -2.25. The Balaban J connectivity index is 1.99. The zero-order chi connectivity index (χ0) is 18.7. The van der Waals surface area contributed by atoms with E-state index in [1.165, 1.54) is 9.25 Å². The number of aromatic nitrogens is 3. The summed E-state index contributed by atoms with van der Waals surface area (Å²) in [4.78, 5) is 12.9. The van der Waals surface area contributed by atoms with Crippen molar-refractivity contribution in [2.45, 2.75) is 13.5 Å². The topological polar surface area (TPSA) is 67.5 Å². The van der Waals surface area contributed by atoms with Crippen LogP contribution in [0.4, 0.5) is 0 Å². The summed E-state index contributed by atoms with van der Waals surface area (Å²) in [6.45, 7) is 2.16. The molecule has 7 nitrogen and oxygen atoms in total. The Labute approximate surface area is 151 Å². The first-order chi connectivity index (χ1) is 12.6. The molecule has 0 saturated carbocycles. The molecule has 3 aromatic rings. The zero-order valence-electron chi connectivity index (χ0n) is 15.2. The highest BCUT2D eigenvalue weighted by Gasteiger charge is 2.16. The average molecular weight is 355 g/mol. The quantitative estimate of drug-likeness (QED) is 0.679. The van der Waals surface area contributed by atoms with Crippen molar-refractivity contribution in [1.29, 1.82) is 0 Å². The maximum absolute atomic E-state index is 12.9. The molecule has 0 bridgehead atoms. The van der Waals surface area contributed by atoms with E-state index in [-0.39, 0.29) is 5.69 Å². The lowest BCUT2D eigenvalue weighted by molar-refractivity contribution is 0.393. The molecule has 7 heteroatoms. The zero-order valence-corrected chi connectivity index (χ0v) is 15.2. The Hall–Kier alpha value is -3.22. The van der Waals surface area contributed by atoms with Crippen molar-refractivity contribution in [2.75, 3.05) is 21.3 Å². The van der Waals surface area contributed by atoms with E-state index in [9.17, 15) is 4.79 Å². The van der Waals surface area contributed by atoms with Gasteiger partial charge in [0.1, 0.15) is 23.1 Å². The molecular weight excluding hydrogens is 334 g/mol. The predicted octanol–water partition coefficient (Wildman–Crippen LogP) is 2.42. The summed E-state index contributed by atoms with van der Waals surface area (Å²) < 4.78 is 18.7. The lowest BCUT2D eigenvalue weighted by Gasteiger charge is -2.11. The Morgan fingerprint density at radius 3 is 2.19 bits per heavy atom. The third-order valence-electron chi connectivity index (χ3n) is 4.12. The van der Waals surface area contributed by atoms with E-state index >= 15 is 0 Å². The Morgan fingerprint density at radius 2 is 1.58 bits per heavy atom. The molecule has 3 rings (SSSR count). The SMILES string of the molecule is COc1ccc(Cn2nc(C)n(-c3ccc(OC)cc3OC)c2=O)cc1.